The van der Waals surface area contributed by atoms with Gasteiger partial charge in [-0.2, -0.15) is 0 Å². The van der Waals surface area contributed by atoms with Crippen LogP contribution in [0.5, 0.6) is 0 Å². The van der Waals surface area contributed by atoms with Gasteiger partial charge < -0.3 is 4.42 Å². The summed E-state index contributed by atoms with van der Waals surface area (Å²) in [6.07, 6.45) is 1.15. The Morgan fingerprint density at radius 1 is 1.24 bits per heavy atom. The molecule has 0 bridgehead atoms. The molecular weight excluding hydrogens is 318 g/mol. The van der Waals surface area contributed by atoms with E-state index in [0.717, 1.165) is 6.20 Å². The number of rotatable bonds is 3. The van der Waals surface area contributed by atoms with Crippen LogP contribution in [0.2, 0.25) is 5.15 Å². The van der Waals surface area contributed by atoms with Gasteiger partial charge in [-0.05, 0) is 24.3 Å². The van der Waals surface area contributed by atoms with Crippen molar-refractivity contribution in [2.75, 3.05) is 4.72 Å². The first-order valence-electron chi connectivity index (χ1n) is 5.71. The molecule has 108 valence electrons. The number of fused-ring (bicyclic) bond motifs is 1. The highest BCUT2D eigenvalue weighted by atomic mass is 35.5. The first kappa shape index (κ1) is 13.7. The Kier molecular flexibility index (Phi) is 3.19. The molecule has 21 heavy (non-hydrogen) atoms. The van der Waals surface area contributed by atoms with Crippen molar-refractivity contribution in [1.82, 2.24) is 9.97 Å². The van der Waals surface area contributed by atoms with E-state index >= 15 is 0 Å². The number of halogens is 1. The second kappa shape index (κ2) is 4.90. The van der Waals surface area contributed by atoms with E-state index < -0.39 is 15.8 Å². The number of anilines is 1. The number of pyridine rings is 1. The number of sulfonamides is 1. The van der Waals surface area contributed by atoms with Gasteiger partial charge in [0.15, 0.2) is 5.58 Å². The van der Waals surface area contributed by atoms with E-state index in [9.17, 15) is 13.2 Å². The standard InChI is InChI=1S/C12H8ClN3O4S/c13-11-4-2-8(6-14-11)21(18,19)16-7-1-3-9-10(5-7)20-12(17)15-9/h1-6,16H,(H,15,17). The Hall–Kier alpha value is -2.32. The van der Waals surface area contributed by atoms with Crippen LogP contribution in [0.4, 0.5) is 5.69 Å². The number of nitrogens with zero attached hydrogens (tertiary/aromatic N) is 1. The molecule has 0 amide bonds. The number of nitrogens with one attached hydrogen (secondary N) is 2. The van der Waals surface area contributed by atoms with Gasteiger partial charge in [-0.25, -0.2) is 18.2 Å². The lowest BCUT2D eigenvalue weighted by Crippen LogP contribution is -2.13. The zero-order chi connectivity index (χ0) is 15.0. The number of benzene rings is 1. The second-order valence-corrected chi connectivity index (χ2v) is 6.22. The summed E-state index contributed by atoms with van der Waals surface area (Å²) in [5.74, 6) is -0.605. The summed E-state index contributed by atoms with van der Waals surface area (Å²) in [5, 5.41) is 0.199. The van der Waals surface area contributed by atoms with Crippen LogP contribution < -0.4 is 10.5 Å². The number of oxazole rings is 1. The molecule has 3 rings (SSSR count). The summed E-state index contributed by atoms with van der Waals surface area (Å²) in [7, 11) is -3.79. The van der Waals surface area contributed by atoms with Crippen LogP contribution in [0.25, 0.3) is 11.1 Å². The Morgan fingerprint density at radius 2 is 2.05 bits per heavy atom. The number of H-pyrrole nitrogens is 1. The Bertz CT molecular complexity index is 960. The van der Waals surface area contributed by atoms with Crippen LogP contribution in [-0.2, 0) is 10.0 Å². The zero-order valence-electron chi connectivity index (χ0n) is 10.3. The fraction of sp³-hybridized carbons (Fsp3) is 0. The van der Waals surface area contributed by atoms with Crippen LogP contribution in [0, 0.1) is 0 Å². The summed E-state index contributed by atoms with van der Waals surface area (Å²) in [6, 6.07) is 7.18. The fourth-order valence-electron chi connectivity index (χ4n) is 1.74. The molecule has 0 aliphatic heterocycles. The maximum absolute atomic E-state index is 12.2. The van der Waals surface area contributed by atoms with Crippen LogP contribution in [0.3, 0.4) is 0 Å². The minimum atomic E-state index is -3.79. The lowest BCUT2D eigenvalue weighted by atomic mass is 10.3. The van der Waals surface area contributed by atoms with E-state index in [2.05, 4.69) is 14.7 Å². The van der Waals surface area contributed by atoms with Crippen LogP contribution in [0.1, 0.15) is 0 Å². The maximum Gasteiger partial charge on any atom is 0.417 e. The van der Waals surface area contributed by atoms with Crippen molar-refractivity contribution in [2.24, 2.45) is 0 Å². The zero-order valence-corrected chi connectivity index (χ0v) is 11.9. The van der Waals surface area contributed by atoms with E-state index in [1.165, 1.54) is 30.3 Å². The van der Waals surface area contributed by atoms with Crippen molar-refractivity contribution < 1.29 is 12.8 Å². The summed E-state index contributed by atoms with van der Waals surface area (Å²) in [4.78, 5) is 17.2. The van der Waals surface area contributed by atoms with E-state index in [1.54, 1.807) is 0 Å². The topological polar surface area (TPSA) is 105 Å². The number of hydrogen-bond acceptors (Lipinski definition) is 5. The summed E-state index contributed by atoms with van der Waals surface area (Å²) >= 11 is 5.62. The van der Waals surface area contributed by atoms with Gasteiger partial charge in [0.05, 0.1) is 11.2 Å². The molecule has 0 fully saturated rings. The number of aromatic amines is 1. The third-order valence-corrected chi connectivity index (χ3v) is 4.27. The minimum absolute atomic E-state index is 0.0254. The molecule has 0 saturated heterocycles. The molecule has 2 aromatic heterocycles. The Labute approximate surface area is 123 Å². The quantitative estimate of drug-likeness (QED) is 0.716. The van der Waals surface area contributed by atoms with Gasteiger partial charge in [0, 0.05) is 12.3 Å². The first-order valence-corrected chi connectivity index (χ1v) is 7.57. The van der Waals surface area contributed by atoms with Gasteiger partial charge in [0.2, 0.25) is 0 Å². The SMILES string of the molecule is O=c1[nH]c2ccc(NS(=O)(=O)c3ccc(Cl)nc3)cc2o1. The van der Waals surface area contributed by atoms with Gasteiger partial charge in [0.1, 0.15) is 10.0 Å². The van der Waals surface area contributed by atoms with Crippen molar-refractivity contribution >= 4 is 38.4 Å². The summed E-state index contributed by atoms with van der Waals surface area (Å²) in [5.41, 5.74) is 1.01. The van der Waals surface area contributed by atoms with Gasteiger partial charge in [0.25, 0.3) is 10.0 Å². The van der Waals surface area contributed by atoms with E-state index in [1.807, 2.05) is 0 Å². The maximum atomic E-state index is 12.2. The third kappa shape index (κ3) is 2.76. The highest BCUT2D eigenvalue weighted by molar-refractivity contribution is 7.92. The third-order valence-electron chi connectivity index (χ3n) is 2.68. The predicted octanol–water partition coefficient (Wildman–Crippen LogP) is 1.97. The highest BCUT2D eigenvalue weighted by Crippen LogP contribution is 2.20. The molecule has 9 heteroatoms. The van der Waals surface area contributed by atoms with Crippen molar-refractivity contribution in [2.45, 2.75) is 4.90 Å². The molecule has 7 nitrogen and oxygen atoms in total. The van der Waals surface area contributed by atoms with Gasteiger partial charge >= 0.3 is 5.76 Å². The molecule has 0 unspecified atom stereocenters. The lowest BCUT2D eigenvalue weighted by molar-refractivity contribution is 0.555. The van der Waals surface area contributed by atoms with Crippen molar-refractivity contribution in [3.8, 4) is 0 Å². The average Bonchev–Trinajstić information content (AvgIpc) is 2.78. The molecule has 2 heterocycles. The summed E-state index contributed by atoms with van der Waals surface area (Å²) < 4.78 is 31.6. The van der Waals surface area contributed by atoms with Gasteiger partial charge in [-0.1, -0.05) is 11.6 Å². The average molecular weight is 326 g/mol. The highest BCUT2D eigenvalue weighted by Gasteiger charge is 2.15. The molecule has 0 spiro atoms. The van der Waals surface area contributed by atoms with Crippen molar-refractivity contribution in [3.05, 3.63) is 52.2 Å². The molecule has 0 saturated carbocycles. The molecule has 0 radical (unpaired) electrons. The molecule has 0 atom stereocenters. The molecule has 0 aliphatic carbocycles. The number of aromatic nitrogens is 2. The van der Waals surface area contributed by atoms with E-state index in [-0.39, 0.29) is 21.3 Å². The van der Waals surface area contributed by atoms with Gasteiger partial charge in [-0.15, -0.1) is 0 Å². The largest absolute Gasteiger partial charge is 0.417 e. The van der Waals surface area contributed by atoms with Gasteiger partial charge in [-0.3, -0.25) is 9.71 Å². The van der Waals surface area contributed by atoms with E-state index in [0.29, 0.717) is 5.52 Å². The second-order valence-electron chi connectivity index (χ2n) is 4.15. The molecule has 1 aromatic carbocycles. The minimum Gasteiger partial charge on any atom is -0.408 e. The van der Waals surface area contributed by atoms with E-state index in [4.69, 9.17) is 16.0 Å². The molecule has 0 aliphatic rings. The molecular formula is C12H8ClN3O4S. The van der Waals surface area contributed by atoms with Crippen LogP contribution in [-0.4, -0.2) is 18.4 Å². The van der Waals surface area contributed by atoms with Crippen LogP contribution >= 0.6 is 11.6 Å². The fourth-order valence-corrected chi connectivity index (χ4v) is 2.85. The first-order chi connectivity index (χ1) is 9.94. The predicted molar refractivity (Wildman–Crippen MR) is 76.9 cm³/mol. The molecule has 2 N–H and O–H groups in total. The lowest BCUT2D eigenvalue weighted by Gasteiger charge is -2.07. The normalized spacial score (nSPS) is 11.7. The van der Waals surface area contributed by atoms with Crippen molar-refractivity contribution in [3.63, 3.8) is 0 Å². The van der Waals surface area contributed by atoms with Crippen molar-refractivity contribution in [1.29, 1.82) is 0 Å². The smallest absolute Gasteiger partial charge is 0.408 e. The Balaban J connectivity index is 1.96. The summed E-state index contributed by atoms with van der Waals surface area (Å²) in [6.45, 7) is 0. The monoisotopic (exact) mass is 325 g/mol. The Morgan fingerprint density at radius 3 is 2.76 bits per heavy atom. The molecule has 3 aromatic rings. The number of hydrogen-bond donors (Lipinski definition) is 2. The van der Waals surface area contributed by atoms with Crippen LogP contribution in [0.15, 0.2) is 50.6 Å².